The molecule has 1 aromatic heterocycles. The first-order chi connectivity index (χ1) is 6.86. The Labute approximate surface area is 91.4 Å². The summed E-state index contributed by atoms with van der Waals surface area (Å²) in [5.74, 6) is 0. The van der Waals surface area contributed by atoms with Crippen LogP contribution in [-0.4, -0.2) is 4.98 Å². The zero-order valence-corrected chi connectivity index (χ0v) is 9.18. The Morgan fingerprint density at radius 2 is 1.86 bits per heavy atom. The van der Waals surface area contributed by atoms with Crippen molar-refractivity contribution < 1.29 is 4.57 Å². The minimum Gasteiger partial charge on any atom is -0.252 e. The molecular formula is C11H10BrN2+. The number of benzene rings is 1. The molecule has 0 radical (unpaired) electrons. The fourth-order valence-corrected chi connectivity index (χ4v) is 1.69. The third kappa shape index (κ3) is 2.17. The van der Waals surface area contributed by atoms with Crippen LogP contribution in [0.3, 0.4) is 0 Å². The Morgan fingerprint density at radius 1 is 1.14 bits per heavy atom. The van der Waals surface area contributed by atoms with E-state index in [9.17, 15) is 0 Å². The highest BCUT2D eigenvalue weighted by molar-refractivity contribution is 9.10. The van der Waals surface area contributed by atoms with Crippen LogP contribution in [0.15, 0.2) is 53.5 Å². The second kappa shape index (κ2) is 4.33. The van der Waals surface area contributed by atoms with E-state index in [-0.39, 0.29) is 0 Å². The van der Waals surface area contributed by atoms with Crippen molar-refractivity contribution in [2.75, 3.05) is 0 Å². The molecule has 0 aliphatic carbocycles. The summed E-state index contributed by atoms with van der Waals surface area (Å²) in [4.78, 5) is 3.98. The molecule has 0 amide bonds. The molecule has 2 nitrogen and oxygen atoms in total. The number of nitrogens with zero attached hydrogens (tertiary/aromatic N) is 2. The van der Waals surface area contributed by atoms with Crippen LogP contribution in [0.2, 0.25) is 0 Å². The predicted octanol–water partition coefficient (Wildman–Crippen LogP) is 2.18. The molecule has 0 unspecified atom stereocenters. The molecule has 14 heavy (non-hydrogen) atoms. The Kier molecular flexibility index (Phi) is 2.89. The summed E-state index contributed by atoms with van der Waals surface area (Å²) in [7, 11) is 0. The number of halogens is 1. The van der Waals surface area contributed by atoms with Gasteiger partial charge in [0.2, 0.25) is 0 Å². The molecule has 0 N–H and O–H groups in total. The summed E-state index contributed by atoms with van der Waals surface area (Å²) < 4.78 is 3.23. The highest BCUT2D eigenvalue weighted by Crippen LogP contribution is 2.14. The Balaban J connectivity index is 2.24. The number of hydrogen-bond acceptors (Lipinski definition) is 1. The average Bonchev–Trinajstić information content (AvgIpc) is 2.23. The quantitative estimate of drug-likeness (QED) is 0.746. The summed E-state index contributed by atoms with van der Waals surface area (Å²) in [5, 5.41) is 0. The maximum atomic E-state index is 3.98. The van der Waals surface area contributed by atoms with Gasteiger partial charge >= 0.3 is 0 Å². The smallest absolute Gasteiger partial charge is 0.187 e. The van der Waals surface area contributed by atoms with E-state index in [2.05, 4.69) is 37.6 Å². The normalized spacial score (nSPS) is 10.1. The Bertz CT molecular complexity index is 415. The molecule has 2 rings (SSSR count). The van der Waals surface area contributed by atoms with Crippen molar-refractivity contribution >= 4 is 15.9 Å². The molecule has 70 valence electrons. The fraction of sp³-hybridized carbons (Fsp3) is 0.0909. The van der Waals surface area contributed by atoms with Crippen LogP contribution in [0.4, 0.5) is 0 Å². The van der Waals surface area contributed by atoms with E-state index >= 15 is 0 Å². The zero-order valence-electron chi connectivity index (χ0n) is 7.60. The summed E-state index contributed by atoms with van der Waals surface area (Å²) in [6.45, 7) is 0.865. The Morgan fingerprint density at radius 3 is 2.57 bits per heavy atom. The van der Waals surface area contributed by atoms with E-state index in [0.717, 1.165) is 11.0 Å². The fourth-order valence-electron chi connectivity index (χ4n) is 1.28. The SMILES string of the molecule is Brc1ccccc1C[n+]1ccncc1. The summed E-state index contributed by atoms with van der Waals surface area (Å²) in [6.07, 6.45) is 7.49. The van der Waals surface area contributed by atoms with Crippen LogP contribution in [0.1, 0.15) is 5.56 Å². The van der Waals surface area contributed by atoms with Gasteiger partial charge in [-0.1, -0.05) is 34.1 Å². The highest BCUT2D eigenvalue weighted by atomic mass is 79.9. The predicted molar refractivity (Wildman–Crippen MR) is 57.7 cm³/mol. The Hall–Kier alpha value is -1.22. The first-order valence-electron chi connectivity index (χ1n) is 4.39. The molecule has 1 aromatic carbocycles. The third-order valence-corrected chi connectivity index (χ3v) is 2.77. The summed E-state index contributed by atoms with van der Waals surface area (Å²) >= 11 is 3.52. The van der Waals surface area contributed by atoms with Crippen molar-refractivity contribution in [1.29, 1.82) is 0 Å². The topological polar surface area (TPSA) is 16.8 Å². The van der Waals surface area contributed by atoms with E-state index < -0.39 is 0 Å². The molecule has 0 saturated carbocycles. The van der Waals surface area contributed by atoms with Gasteiger partial charge < -0.3 is 0 Å². The minimum absolute atomic E-state index is 0.865. The molecule has 0 saturated heterocycles. The standard InChI is InChI=1S/C11H10BrN2/c12-11-4-2-1-3-10(11)9-14-7-5-13-6-8-14/h1-8H,9H2/q+1. The summed E-state index contributed by atoms with van der Waals surface area (Å²) in [6, 6.07) is 8.22. The number of rotatable bonds is 2. The van der Waals surface area contributed by atoms with Crippen LogP contribution in [0.5, 0.6) is 0 Å². The lowest BCUT2D eigenvalue weighted by atomic mass is 10.2. The lowest BCUT2D eigenvalue weighted by molar-refractivity contribution is -0.689. The van der Waals surface area contributed by atoms with Gasteiger partial charge in [0.15, 0.2) is 18.9 Å². The molecule has 0 bridgehead atoms. The van der Waals surface area contributed by atoms with Crippen molar-refractivity contribution in [2.45, 2.75) is 6.54 Å². The van der Waals surface area contributed by atoms with Gasteiger partial charge in [0.05, 0.1) is 12.4 Å². The van der Waals surface area contributed by atoms with Crippen molar-refractivity contribution in [1.82, 2.24) is 4.98 Å². The molecule has 0 fully saturated rings. The van der Waals surface area contributed by atoms with E-state index in [4.69, 9.17) is 0 Å². The van der Waals surface area contributed by atoms with Gasteiger partial charge in [-0.3, -0.25) is 4.98 Å². The molecule has 0 aliphatic heterocycles. The monoisotopic (exact) mass is 249 g/mol. The molecule has 0 aliphatic rings. The minimum atomic E-state index is 0.865. The molecular weight excluding hydrogens is 240 g/mol. The van der Waals surface area contributed by atoms with Crippen molar-refractivity contribution in [3.8, 4) is 0 Å². The second-order valence-corrected chi connectivity index (χ2v) is 3.86. The van der Waals surface area contributed by atoms with Crippen molar-refractivity contribution in [3.63, 3.8) is 0 Å². The van der Waals surface area contributed by atoms with Gasteiger partial charge in [0, 0.05) is 10.0 Å². The van der Waals surface area contributed by atoms with Gasteiger partial charge in [-0.05, 0) is 6.07 Å². The van der Waals surface area contributed by atoms with Crippen molar-refractivity contribution in [3.05, 3.63) is 59.1 Å². The van der Waals surface area contributed by atoms with E-state index in [1.807, 2.05) is 24.5 Å². The largest absolute Gasteiger partial charge is 0.252 e. The van der Waals surface area contributed by atoms with Crippen LogP contribution in [0.25, 0.3) is 0 Å². The molecule has 2 aromatic rings. The van der Waals surface area contributed by atoms with E-state index in [0.29, 0.717) is 0 Å². The lowest BCUT2D eigenvalue weighted by Gasteiger charge is -1.99. The van der Waals surface area contributed by atoms with Gasteiger partial charge in [-0.2, -0.15) is 4.57 Å². The maximum Gasteiger partial charge on any atom is 0.187 e. The number of aromatic nitrogens is 2. The van der Waals surface area contributed by atoms with Crippen molar-refractivity contribution in [2.24, 2.45) is 0 Å². The van der Waals surface area contributed by atoms with Crippen LogP contribution in [0, 0.1) is 0 Å². The van der Waals surface area contributed by atoms with E-state index in [1.165, 1.54) is 5.56 Å². The van der Waals surface area contributed by atoms with Gasteiger partial charge in [-0.15, -0.1) is 0 Å². The number of hydrogen-bond donors (Lipinski definition) is 0. The highest BCUT2D eigenvalue weighted by Gasteiger charge is 2.04. The third-order valence-electron chi connectivity index (χ3n) is 2.00. The second-order valence-electron chi connectivity index (χ2n) is 3.01. The van der Waals surface area contributed by atoms with Crippen LogP contribution >= 0.6 is 15.9 Å². The summed E-state index contributed by atoms with van der Waals surface area (Å²) in [5.41, 5.74) is 1.27. The zero-order chi connectivity index (χ0) is 9.80. The van der Waals surface area contributed by atoms with Crippen LogP contribution < -0.4 is 4.57 Å². The average molecular weight is 250 g/mol. The molecule has 0 atom stereocenters. The van der Waals surface area contributed by atoms with E-state index in [1.54, 1.807) is 12.4 Å². The molecule has 0 spiro atoms. The molecule has 1 heterocycles. The maximum absolute atomic E-state index is 3.98. The first-order valence-corrected chi connectivity index (χ1v) is 5.18. The van der Waals surface area contributed by atoms with Gasteiger partial charge in [-0.25, -0.2) is 0 Å². The first kappa shape index (κ1) is 9.34. The van der Waals surface area contributed by atoms with Gasteiger partial charge in [0.1, 0.15) is 0 Å². The van der Waals surface area contributed by atoms with Crippen LogP contribution in [-0.2, 0) is 6.54 Å². The lowest BCUT2D eigenvalue weighted by Crippen LogP contribution is -2.33. The molecule has 3 heteroatoms. The van der Waals surface area contributed by atoms with Gasteiger partial charge in [0.25, 0.3) is 0 Å².